The summed E-state index contributed by atoms with van der Waals surface area (Å²) in [6, 6.07) is 16.1. The van der Waals surface area contributed by atoms with Crippen molar-refractivity contribution < 1.29 is 22.7 Å². The maximum atomic E-state index is 12.6. The van der Waals surface area contributed by atoms with E-state index in [0.717, 1.165) is 4.90 Å². The largest absolute Gasteiger partial charge is 0.492 e. The van der Waals surface area contributed by atoms with E-state index in [4.69, 9.17) is 9.47 Å². The number of carbonyl (C=O) groups excluding carboxylic acids is 1. The lowest BCUT2D eigenvalue weighted by Crippen LogP contribution is -2.40. The molecule has 1 amide bonds. The second-order valence-electron chi connectivity index (χ2n) is 6.70. The minimum Gasteiger partial charge on any atom is -0.492 e. The van der Waals surface area contributed by atoms with Crippen molar-refractivity contribution in [3.05, 3.63) is 54.6 Å². The molecule has 162 valence electrons. The number of morpholine rings is 1. The van der Waals surface area contributed by atoms with Crippen molar-refractivity contribution in [3.63, 3.8) is 0 Å². The summed E-state index contributed by atoms with van der Waals surface area (Å²) in [4.78, 5) is 13.5. The predicted octanol–water partition coefficient (Wildman–Crippen LogP) is 2.38. The molecular formula is C21H26N2O5S2. The van der Waals surface area contributed by atoms with Crippen molar-refractivity contribution in [2.45, 2.75) is 22.0 Å². The molecule has 1 aliphatic heterocycles. The zero-order valence-corrected chi connectivity index (χ0v) is 18.5. The van der Waals surface area contributed by atoms with E-state index >= 15 is 0 Å². The van der Waals surface area contributed by atoms with Crippen LogP contribution >= 0.6 is 11.8 Å². The van der Waals surface area contributed by atoms with Crippen molar-refractivity contribution in [2.75, 3.05) is 39.5 Å². The van der Waals surface area contributed by atoms with Crippen molar-refractivity contribution >= 4 is 27.7 Å². The van der Waals surface area contributed by atoms with Gasteiger partial charge in [0.15, 0.2) is 0 Å². The fraction of sp³-hybridized carbons (Fsp3) is 0.381. The minimum absolute atomic E-state index is 0.0561. The number of carbonyl (C=O) groups is 1. The molecule has 2 aromatic rings. The second kappa shape index (κ2) is 10.8. The maximum absolute atomic E-state index is 12.6. The summed E-state index contributed by atoms with van der Waals surface area (Å²) in [7, 11) is -3.51. The molecule has 0 saturated carbocycles. The molecule has 1 fully saturated rings. The molecule has 0 radical (unpaired) electrons. The van der Waals surface area contributed by atoms with E-state index in [-0.39, 0.29) is 16.1 Å². The summed E-state index contributed by atoms with van der Waals surface area (Å²) in [6.45, 7) is 4.07. The molecule has 1 aliphatic rings. The Hall–Kier alpha value is -2.07. The quantitative estimate of drug-likeness (QED) is 0.466. The van der Waals surface area contributed by atoms with Crippen molar-refractivity contribution in [2.24, 2.45) is 0 Å². The van der Waals surface area contributed by atoms with Gasteiger partial charge in [0.25, 0.3) is 0 Å². The molecule has 0 aliphatic carbocycles. The highest BCUT2D eigenvalue weighted by Crippen LogP contribution is 2.23. The Morgan fingerprint density at radius 3 is 2.47 bits per heavy atom. The molecule has 3 rings (SSSR count). The number of sulfonamides is 1. The number of amides is 1. The molecule has 0 spiro atoms. The molecule has 0 bridgehead atoms. The third-order valence-corrected chi connectivity index (χ3v) is 7.55. The van der Waals surface area contributed by atoms with E-state index in [1.807, 2.05) is 37.3 Å². The molecule has 1 atom stereocenters. The zero-order valence-electron chi connectivity index (χ0n) is 16.8. The molecule has 2 aromatic carbocycles. The Morgan fingerprint density at radius 2 is 1.80 bits per heavy atom. The van der Waals surface area contributed by atoms with Crippen LogP contribution in [0.15, 0.2) is 64.4 Å². The standard InChI is InChI=1S/C21H26N2O5S2/c1-17(29-19-5-3-2-4-6-19)21(24)22-11-14-28-18-7-9-20(10-8-18)30(25,26)23-12-15-27-16-13-23/h2-10,17H,11-16H2,1H3,(H,22,24)/t17-/m1/s1. The third kappa shape index (κ3) is 6.21. The van der Waals surface area contributed by atoms with Gasteiger partial charge in [0.05, 0.1) is 29.9 Å². The van der Waals surface area contributed by atoms with Crippen LogP contribution in [0.4, 0.5) is 0 Å². The van der Waals surface area contributed by atoms with Crippen molar-refractivity contribution in [1.29, 1.82) is 0 Å². The number of nitrogens with one attached hydrogen (secondary N) is 1. The van der Waals surface area contributed by atoms with Crippen LogP contribution in [0.5, 0.6) is 5.75 Å². The maximum Gasteiger partial charge on any atom is 0.243 e. The van der Waals surface area contributed by atoms with Gasteiger partial charge in [-0.1, -0.05) is 18.2 Å². The highest BCUT2D eigenvalue weighted by atomic mass is 32.2. The number of nitrogens with zero attached hydrogens (tertiary/aromatic N) is 1. The van der Waals surface area contributed by atoms with Gasteiger partial charge >= 0.3 is 0 Å². The second-order valence-corrected chi connectivity index (χ2v) is 10.1. The third-order valence-electron chi connectivity index (χ3n) is 4.53. The van der Waals surface area contributed by atoms with Crippen LogP contribution in [0.3, 0.4) is 0 Å². The number of hydrogen-bond donors (Lipinski definition) is 1. The summed E-state index contributed by atoms with van der Waals surface area (Å²) in [5, 5.41) is 2.64. The molecule has 30 heavy (non-hydrogen) atoms. The average molecular weight is 451 g/mol. The number of rotatable bonds is 9. The summed E-state index contributed by atoms with van der Waals surface area (Å²) in [5.74, 6) is 0.497. The van der Waals surface area contributed by atoms with Crippen molar-refractivity contribution in [3.8, 4) is 5.75 Å². The molecule has 1 saturated heterocycles. The first-order chi connectivity index (χ1) is 14.5. The monoisotopic (exact) mass is 450 g/mol. The fourth-order valence-electron chi connectivity index (χ4n) is 2.89. The lowest BCUT2D eigenvalue weighted by molar-refractivity contribution is -0.120. The van der Waals surface area contributed by atoms with Gasteiger partial charge in [-0.05, 0) is 43.3 Å². The van der Waals surface area contributed by atoms with Crippen LogP contribution in [-0.2, 0) is 19.6 Å². The lowest BCUT2D eigenvalue weighted by atomic mass is 10.3. The first-order valence-corrected chi connectivity index (χ1v) is 12.1. The number of ether oxygens (including phenoxy) is 2. The smallest absolute Gasteiger partial charge is 0.243 e. The van der Waals surface area contributed by atoms with Gasteiger partial charge in [0.2, 0.25) is 15.9 Å². The number of hydrogen-bond acceptors (Lipinski definition) is 6. The minimum atomic E-state index is -3.51. The molecule has 0 unspecified atom stereocenters. The molecule has 7 nitrogen and oxygen atoms in total. The summed E-state index contributed by atoms with van der Waals surface area (Å²) in [6.07, 6.45) is 0. The summed E-state index contributed by atoms with van der Waals surface area (Å²) < 4.78 is 37.5. The van der Waals surface area contributed by atoms with E-state index in [0.29, 0.717) is 45.2 Å². The van der Waals surface area contributed by atoms with E-state index < -0.39 is 10.0 Å². The Balaban J connectivity index is 1.42. The zero-order chi connectivity index (χ0) is 21.4. The van der Waals surface area contributed by atoms with E-state index in [1.54, 1.807) is 12.1 Å². The van der Waals surface area contributed by atoms with Gasteiger partial charge in [-0.3, -0.25) is 4.79 Å². The predicted molar refractivity (Wildman–Crippen MR) is 116 cm³/mol. The van der Waals surface area contributed by atoms with Crippen molar-refractivity contribution in [1.82, 2.24) is 9.62 Å². The molecule has 9 heteroatoms. The molecule has 1 heterocycles. The lowest BCUT2D eigenvalue weighted by Gasteiger charge is -2.26. The van der Waals surface area contributed by atoms with Gasteiger partial charge in [-0.25, -0.2) is 8.42 Å². The number of benzene rings is 2. The van der Waals surface area contributed by atoms with Gasteiger partial charge in [-0.2, -0.15) is 4.31 Å². The highest BCUT2D eigenvalue weighted by Gasteiger charge is 2.26. The Bertz CT molecular complexity index is 914. The normalized spacial score (nSPS) is 16.0. The average Bonchev–Trinajstić information content (AvgIpc) is 2.78. The van der Waals surface area contributed by atoms with E-state index in [2.05, 4.69) is 5.32 Å². The first-order valence-electron chi connectivity index (χ1n) is 9.77. The first kappa shape index (κ1) is 22.6. The molecule has 0 aromatic heterocycles. The molecule has 1 N–H and O–H groups in total. The van der Waals surface area contributed by atoms with Gasteiger partial charge in [-0.15, -0.1) is 11.8 Å². The van der Waals surface area contributed by atoms with Crippen LogP contribution in [-0.4, -0.2) is 63.3 Å². The summed E-state index contributed by atoms with van der Waals surface area (Å²) in [5.41, 5.74) is 0. The van der Waals surface area contributed by atoms with Crippen LogP contribution in [0, 0.1) is 0 Å². The van der Waals surface area contributed by atoms with Crippen LogP contribution in [0.2, 0.25) is 0 Å². The van der Waals surface area contributed by atoms with Gasteiger partial charge in [0.1, 0.15) is 12.4 Å². The Kier molecular flexibility index (Phi) is 8.15. The van der Waals surface area contributed by atoms with E-state index in [9.17, 15) is 13.2 Å². The summed E-state index contributed by atoms with van der Waals surface area (Å²) >= 11 is 1.50. The molecular weight excluding hydrogens is 424 g/mol. The van der Waals surface area contributed by atoms with Crippen LogP contribution in [0.25, 0.3) is 0 Å². The fourth-order valence-corrected chi connectivity index (χ4v) is 5.21. The van der Waals surface area contributed by atoms with Crippen LogP contribution in [0.1, 0.15) is 6.92 Å². The SMILES string of the molecule is C[C@@H](Sc1ccccc1)C(=O)NCCOc1ccc(S(=O)(=O)N2CCOCC2)cc1. The highest BCUT2D eigenvalue weighted by molar-refractivity contribution is 8.00. The Morgan fingerprint density at radius 1 is 1.13 bits per heavy atom. The Labute approximate surface area is 181 Å². The van der Waals surface area contributed by atoms with E-state index in [1.165, 1.54) is 28.2 Å². The topological polar surface area (TPSA) is 84.9 Å². The van der Waals surface area contributed by atoms with Gasteiger partial charge in [0, 0.05) is 18.0 Å². The van der Waals surface area contributed by atoms with Crippen LogP contribution < -0.4 is 10.1 Å². The van der Waals surface area contributed by atoms with Gasteiger partial charge < -0.3 is 14.8 Å². The number of thioether (sulfide) groups is 1.